The van der Waals surface area contributed by atoms with Crippen molar-refractivity contribution in [2.45, 2.75) is 44.4 Å². The zero-order valence-corrected chi connectivity index (χ0v) is 12.5. The third-order valence-electron chi connectivity index (χ3n) is 3.48. The lowest BCUT2D eigenvalue weighted by molar-refractivity contribution is 0.0659. The monoisotopic (exact) mass is 326 g/mol. The van der Waals surface area contributed by atoms with Crippen molar-refractivity contribution in [1.82, 2.24) is 10.3 Å². The first-order chi connectivity index (χ1) is 9.31. The molecule has 1 aromatic rings. The Hall–Kier alpha value is -0.650. The van der Waals surface area contributed by atoms with E-state index in [4.69, 9.17) is 9.47 Å². The SMILES string of the molecule is Brc1cnc(OCC2CCCO2)c(CNC2CC2)c1. The molecular weight excluding hydrogens is 308 g/mol. The number of pyridine rings is 1. The number of nitrogens with one attached hydrogen (secondary N) is 1. The molecule has 0 spiro atoms. The molecular formula is C14H19BrN2O2. The second-order valence-corrected chi connectivity index (χ2v) is 6.13. The zero-order valence-electron chi connectivity index (χ0n) is 10.9. The summed E-state index contributed by atoms with van der Waals surface area (Å²) in [5.74, 6) is 0.729. The second-order valence-electron chi connectivity index (χ2n) is 5.22. The largest absolute Gasteiger partial charge is 0.475 e. The number of rotatable bonds is 6. The topological polar surface area (TPSA) is 43.4 Å². The van der Waals surface area contributed by atoms with Crippen molar-refractivity contribution in [2.24, 2.45) is 0 Å². The van der Waals surface area contributed by atoms with Crippen LogP contribution in [0.2, 0.25) is 0 Å². The predicted octanol–water partition coefficient (Wildman–Crippen LogP) is 2.65. The van der Waals surface area contributed by atoms with E-state index in [0.717, 1.165) is 41.9 Å². The Morgan fingerprint density at radius 3 is 3.05 bits per heavy atom. The number of hydrogen-bond acceptors (Lipinski definition) is 4. The van der Waals surface area contributed by atoms with Crippen LogP contribution < -0.4 is 10.1 Å². The first-order valence-electron chi connectivity index (χ1n) is 6.93. The van der Waals surface area contributed by atoms with E-state index >= 15 is 0 Å². The van der Waals surface area contributed by atoms with Gasteiger partial charge in [0.15, 0.2) is 0 Å². The highest BCUT2D eigenvalue weighted by molar-refractivity contribution is 9.10. The summed E-state index contributed by atoms with van der Waals surface area (Å²) in [7, 11) is 0. The van der Waals surface area contributed by atoms with E-state index < -0.39 is 0 Å². The second kappa shape index (κ2) is 6.20. The van der Waals surface area contributed by atoms with Gasteiger partial charge in [0.25, 0.3) is 0 Å². The maximum atomic E-state index is 5.83. The molecule has 2 heterocycles. The van der Waals surface area contributed by atoms with Crippen LogP contribution in [-0.2, 0) is 11.3 Å². The fourth-order valence-electron chi connectivity index (χ4n) is 2.21. The van der Waals surface area contributed by atoms with Crippen molar-refractivity contribution in [2.75, 3.05) is 13.2 Å². The van der Waals surface area contributed by atoms with Gasteiger partial charge in [-0.25, -0.2) is 4.98 Å². The predicted molar refractivity (Wildman–Crippen MR) is 76.3 cm³/mol. The van der Waals surface area contributed by atoms with Crippen LogP contribution in [-0.4, -0.2) is 30.3 Å². The summed E-state index contributed by atoms with van der Waals surface area (Å²) in [6.45, 7) is 2.28. The lowest BCUT2D eigenvalue weighted by Gasteiger charge is -2.14. The lowest BCUT2D eigenvalue weighted by atomic mass is 10.2. The van der Waals surface area contributed by atoms with E-state index in [0.29, 0.717) is 12.6 Å². The first kappa shape index (κ1) is 13.3. The average molecular weight is 327 g/mol. The fourth-order valence-corrected chi connectivity index (χ4v) is 2.59. The van der Waals surface area contributed by atoms with E-state index in [2.05, 4.69) is 32.3 Å². The van der Waals surface area contributed by atoms with Gasteiger partial charge in [-0.2, -0.15) is 0 Å². The molecule has 4 nitrogen and oxygen atoms in total. The number of hydrogen-bond donors (Lipinski definition) is 1. The van der Waals surface area contributed by atoms with Crippen LogP contribution in [0.4, 0.5) is 0 Å². The molecule has 0 amide bonds. The van der Waals surface area contributed by atoms with Crippen molar-refractivity contribution in [1.29, 1.82) is 0 Å². The smallest absolute Gasteiger partial charge is 0.217 e. The Balaban J connectivity index is 1.60. The molecule has 0 bridgehead atoms. The average Bonchev–Trinajstić information content (AvgIpc) is 3.10. The van der Waals surface area contributed by atoms with Crippen LogP contribution in [0.1, 0.15) is 31.2 Å². The Bertz CT molecular complexity index is 431. The van der Waals surface area contributed by atoms with Gasteiger partial charge in [0, 0.05) is 35.4 Å². The number of aromatic nitrogens is 1. The molecule has 0 aromatic carbocycles. The number of nitrogens with zero attached hydrogens (tertiary/aromatic N) is 1. The van der Waals surface area contributed by atoms with Crippen LogP contribution in [0.3, 0.4) is 0 Å². The molecule has 3 rings (SSSR count). The van der Waals surface area contributed by atoms with Crippen molar-refractivity contribution >= 4 is 15.9 Å². The van der Waals surface area contributed by atoms with E-state index in [1.165, 1.54) is 12.8 Å². The highest BCUT2D eigenvalue weighted by Crippen LogP contribution is 2.24. The molecule has 2 aliphatic rings. The Morgan fingerprint density at radius 1 is 1.42 bits per heavy atom. The molecule has 5 heteroatoms. The molecule has 1 aliphatic heterocycles. The molecule has 19 heavy (non-hydrogen) atoms. The fraction of sp³-hybridized carbons (Fsp3) is 0.643. The van der Waals surface area contributed by atoms with Gasteiger partial charge in [-0.1, -0.05) is 0 Å². The summed E-state index contributed by atoms with van der Waals surface area (Å²) in [5.41, 5.74) is 1.11. The maximum absolute atomic E-state index is 5.83. The molecule has 1 saturated heterocycles. The van der Waals surface area contributed by atoms with Crippen LogP contribution in [0.25, 0.3) is 0 Å². The van der Waals surface area contributed by atoms with Gasteiger partial charge in [0.05, 0.1) is 6.10 Å². The highest BCUT2D eigenvalue weighted by Gasteiger charge is 2.21. The number of ether oxygens (including phenoxy) is 2. The van der Waals surface area contributed by atoms with Gasteiger partial charge in [0.2, 0.25) is 5.88 Å². The summed E-state index contributed by atoms with van der Waals surface area (Å²) in [6, 6.07) is 2.76. The van der Waals surface area contributed by atoms with E-state index in [1.807, 2.05) is 0 Å². The third kappa shape index (κ3) is 3.91. The normalized spacial score (nSPS) is 22.7. The van der Waals surface area contributed by atoms with Gasteiger partial charge in [-0.15, -0.1) is 0 Å². The summed E-state index contributed by atoms with van der Waals surface area (Å²) in [6.07, 6.45) is 6.81. The molecule has 2 fully saturated rings. The molecule has 104 valence electrons. The highest BCUT2D eigenvalue weighted by atomic mass is 79.9. The van der Waals surface area contributed by atoms with Crippen molar-refractivity contribution < 1.29 is 9.47 Å². The first-order valence-corrected chi connectivity index (χ1v) is 7.73. The minimum atomic E-state index is 0.231. The molecule has 1 atom stereocenters. The van der Waals surface area contributed by atoms with Crippen LogP contribution >= 0.6 is 15.9 Å². The zero-order chi connectivity index (χ0) is 13.1. The van der Waals surface area contributed by atoms with Crippen LogP contribution in [0.15, 0.2) is 16.7 Å². The maximum Gasteiger partial charge on any atom is 0.217 e. The Morgan fingerprint density at radius 2 is 2.32 bits per heavy atom. The molecule has 1 aromatic heterocycles. The van der Waals surface area contributed by atoms with Gasteiger partial charge < -0.3 is 14.8 Å². The van der Waals surface area contributed by atoms with Gasteiger partial charge in [-0.05, 0) is 47.7 Å². The standard InChI is InChI=1S/C14H19BrN2O2/c15-11-6-10(7-16-12-3-4-12)14(17-8-11)19-9-13-2-1-5-18-13/h6,8,12-13,16H,1-5,7,9H2. The molecule has 1 N–H and O–H groups in total. The minimum absolute atomic E-state index is 0.231. The molecule has 0 radical (unpaired) electrons. The molecule has 1 unspecified atom stereocenters. The van der Waals surface area contributed by atoms with E-state index in [1.54, 1.807) is 6.20 Å². The van der Waals surface area contributed by atoms with Gasteiger partial charge in [0.1, 0.15) is 6.61 Å². The van der Waals surface area contributed by atoms with E-state index in [-0.39, 0.29) is 6.10 Å². The number of halogens is 1. The van der Waals surface area contributed by atoms with Crippen LogP contribution in [0, 0.1) is 0 Å². The summed E-state index contributed by atoms with van der Waals surface area (Å²) in [4.78, 5) is 4.37. The van der Waals surface area contributed by atoms with Crippen molar-refractivity contribution in [3.05, 3.63) is 22.3 Å². The van der Waals surface area contributed by atoms with Gasteiger partial charge in [-0.3, -0.25) is 0 Å². The quantitative estimate of drug-likeness (QED) is 0.872. The van der Waals surface area contributed by atoms with Crippen LogP contribution in [0.5, 0.6) is 5.88 Å². The van der Waals surface area contributed by atoms with Crippen molar-refractivity contribution in [3.63, 3.8) is 0 Å². The lowest BCUT2D eigenvalue weighted by Crippen LogP contribution is -2.20. The summed E-state index contributed by atoms with van der Waals surface area (Å²) >= 11 is 3.47. The van der Waals surface area contributed by atoms with Gasteiger partial charge >= 0.3 is 0 Å². The third-order valence-corrected chi connectivity index (χ3v) is 3.91. The Labute approximate surface area is 122 Å². The Kier molecular flexibility index (Phi) is 4.35. The summed E-state index contributed by atoms with van der Waals surface area (Å²) < 4.78 is 12.4. The van der Waals surface area contributed by atoms with E-state index in [9.17, 15) is 0 Å². The molecule has 1 aliphatic carbocycles. The van der Waals surface area contributed by atoms with Crippen molar-refractivity contribution in [3.8, 4) is 5.88 Å². The minimum Gasteiger partial charge on any atom is -0.475 e. The molecule has 1 saturated carbocycles. The summed E-state index contributed by atoms with van der Waals surface area (Å²) in [5, 5.41) is 3.50.